The molecule has 0 spiro atoms. The number of aliphatic imine (C=N–C) groups is 1. The van der Waals surface area contributed by atoms with Gasteiger partial charge in [-0.2, -0.15) is 0 Å². The Hall–Kier alpha value is -1.42. The van der Waals surface area contributed by atoms with Crippen LogP contribution in [0.2, 0.25) is 0 Å². The minimum absolute atomic E-state index is 0. The van der Waals surface area contributed by atoms with Gasteiger partial charge in [-0.25, -0.2) is 0 Å². The lowest BCUT2D eigenvalue weighted by atomic mass is 10.1. The molecular weight excluding hydrogens is 445 g/mol. The number of nitrogens with one attached hydrogen (secondary N) is 1. The number of nitrogens with zero attached hydrogens (tertiary/aromatic N) is 4. The van der Waals surface area contributed by atoms with Gasteiger partial charge in [-0.3, -0.25) is 15.1 Å². The Morgan fingerprint density at radius 1 is 1.35 bits per heavy atom. The third-order valence-corrected chi connectivity index (χ3v) is 5.08. The van der Waals surface area contributed by atoms with Crippen LogP contribution in [0.5, 0.6) is 0 Å². The number of benzene rings is 1. The van der Waals surface area contributed by atoms with Crippen molar-refractivity contribution in [1.29, 1.82) is 0 Å². The summed E-state index contributed by atoms with van der Waals surface area (Å²) in [4.78, 5) is 19.8. The lowest BCUT2D eigenvalue weighted by Crippen LogP contribution is -2.40. The minimum Gasteiger partial charge on any atom is -0.352 e. The van der Waals surface area contributed by atoms with Crippen LogP contribution >= 0.6 is 24.0 Å². The number of hydrogen-bond acceptors (Lipinski definition) is 4. The van der Waals surface area contributed by atoms with Gasteiger partial charge >= 0.3 is 0 Å². The molecule has 0 aromatic heterocycles. The number of non-ortho nitro benzene ring substituents is 1. The van der Waals surface area contributed by atoms with Crippen LogP contribution in [0.3, 0.4) is 0 Å². The van der Waals surface area contributed by atoms with Crippen molar-refractivity contribution in [3.05, 3.63) is 39.9 Å². The Morgan fingerprint density at radius 3 is 2.81 bits per heavy atom. The molecule has 0 saturated carbocycles. The Bertz CT molecular complexity index is 634. The van der Waals surface area contributed by atoms with Gasteiger partial charge < -0.3 is 15.1 Å². The summed E-state index contributed by atoms with van der Waals surface area (Å²) in [6, 6.07) is 6.75. The molecule has 144 valence electrons. The molecule has 0 aliphatic carbocycles. The molecule has 2 aliphatic heterocycles. The van der Waals surface area contributed by atoms with Gasteiger partial charge in [0.25, 0.3) is 5.69 Å². The first-order chi connectivity index (χ1) is 12.2. The Labute approximate surface area is 172 Å². The van der Waals surface area contributed by atoms with E-state index >= 15 is 0 Å². The summed E-state index contributed by atoms with van der Waals surface area (Å²) in [5, 5.41) is 14.2. The van der Waals surface area contributed by atoms with Crippen LogP contribution < -0.4 is 5.32 Å². The largest absolute Gasteiger partial charge is 0.352 e. The molecule has 26 heavy (non-hydrogen) atoms. The molecule has 1 unspecified atom stereocenters. The first-order valence-corrected chi connectivity index (χ1v) is 9.07. The maximum absolute atomic E-state index is 10.9. The molecule has 0 bridgehead atoms. The number of nitro benzene ring substituents is 1. The Kier molecular flexibility index (Phi) is 8.08. The molecule has 2 saturated heterocycles. The number of guanidine groups is 1. The third-order valence-electron chi connectivity index (χ3n) is 5.08. The number of hydrogen-bond donors (Lipinski definition) is 1. The first-order valence-electron chi connectivity index (χ1n) is 9.07. The zero-order chi connectivity index (χ0) is 17.6. The zero-order valence-corrected chi connectivity index (χ0v) is 17.6. The van der Waals surface area contributed by atoms with Gasteiger partial charge in [0.05, 0.1) is 4.92 Å². The average Bonchev–Trinajstić information content (AvgIpc) is 3.28. The average molecular weight is 473 g/mol. The smallest absolute Gasteiger partial charge is 0.269 e. The third kappa shape index (κ3) is 5.54. The van der Waals surface area contributed by atoms with E-state index < -0.39 is 0 Å². The van der Waals surface area contributed by atoms with E-state index in [1.165, 1.54) is 45.0 Å². The Morgan fingerprint density at radius 2 is 2.12 bits per heavy atom. The van der Waals surface area contributed by atoms with E-state index in [1.54, 1.807) is 19.2 Å². The molecule has 1 aromatic carbocycles. The summed E-state index contributed by atoms with van der Waals surface area (Å²) in [5.41, 5.74) is 1.02. The van der Waals surface area contributed by atoms with Crippen molar-refractivity contribution in [3.63, 3.8) is 0 Å². The van der Waals surface area contributed by atoms with Crippen LogP contribution in [0.1, 0.15) is 24.8 Å². The SMILES string of the molecule is CN=C(NCc1cccc([N+](=O)[O-])c1)N1CCC(CN2CCCC2)C1.I. The number of likely N-dealkylation sites (tertiary alicyclic amines) is 2. The number of nitro groups is 1. The monoisotopic (exact) mass is 473 g/mol. The summed E-state index contributed by atoms with van der Waals surface area (Å²) in [6.07, 6.45) is 3.87. The quantitative estimate of drug-likeness (QED) is 0.234. The summed E-state index contributed by atoms with van der Waals surface area (Å²) in [5.74, 6) is 1.59. The van der Waals surface area contributed by atoms with Crippen molar-refractivity contribution in [3.8, 4) is 0 Å². The van der Waals surface area contributed by atoms with E-state index in [0.29, 0.717) is 12.5 Å². The van der Waals surface area contributed by atoms with Crippen LogP contribution in [0, 0.1) is 16.0 Å². The van der Waals surface area contributed by atoms with Crippen molar-refractivity contribution in [2.75, 3.05) is 39.8 Å². The van der Waals surface area contributed by atoms with E-state index in [-0.39, 0.29) is 34.6 Å². The van der Waals surface area contributed by atoms with E-state index in [1.807, 2.05) is 6.07 Å². The first kappa shape index (κ1) is 20.9. The van der Waals surface area contributed by atoms with Crippen LogP contribution in [0.4, 0.5) is 5.69 Å². The van der Waals surface area contributed by atoms with Gasteiger partial charge in [0, 0.05) is 45.4 Å². The van der Waals surface area contributed by atoms with Gasteiger partial charge in [-0.1, -0.05) is 12.1 Å². The molecule has 2 aliphatic rings. The molecule has 8 heteroatoms. The summed E-state index contributed by atoms with van der Waals surface area (Å²) in [6.45, 7) is 6.28. The van der Waals surface area contributed by atoms with Crippen molar-refractivity contribution in [2.24, 2.45) is 10.9 Å². The van der Waals surface area contributed by atoms with Gasteiger partial charge in [-0.05, 0) is 43.8 Å². The molecule has 3 rings (SSSR count). The van der Waals surface area contributed by atoms with Crippen molar-refractivity contribution in [1.82, 2.24) is 15.1 Å². The highest BCUT2D eigenvalue weighted by molar-refractivity contribution is 14.0. The highest BCUT2D eigenvalue weighted by Gasteiger charge is 2.27. The fourth-order valence-electron chi connectivity index (χ4n) is 3.80. The molecule has 1 aromatic rings. The fourth-order valence-corrected chi connectivity index (χ4v) is 3.80. The Balaban J connectivity index is 0.00000243. The van der Waals surface area contributed by atoms with E-state index in [4.69, 9.17) is 0 Å². The number of halogens is 1. The van der Waals surface area contributed by atoms with E-state index in [9.17, 15) is 10.1 Å². The second-order valence-electron chi connectivity index (χ2n) is 6.94. The number of rotatable bonds is 5. The zero-order valence-electron chi connectivity index (χ0n) is 15.3. The second kappa shape index (κ2) is 10.1. The normalized spacial score (nSPS) is 20.9. The standard InChI is InChI=1S/C18H27N5O2.HI/c1-19-18(20-12-15-5-4-6-17(11-15)23(24)25)22-10-7-16(14-22)13-21-8-2-3-9-21;/h4-6,11,16H,2-3,7-10,12-14H2,1H3,(H,19,20);1H. The molecular formula is C18H28IN5O2. The molecule has 7 nitrogen and oxygen atoms in total. The highest BCUT2D eigenvalue weighted by atomic mass is 127. The molecule has 1 N–H and O–H groups in total. The fraction of sp³-hybridized carbons (Fsp3) is 0.611. The van der Waals surface area contributed by atoms with Crippen LogP contribution in [-0.4, -0.2) is 60.5 Å². The van der Waals surface area contributed by atoms with Crippen molar-refractivity contribution < 1.29 is 4.92 Å². The summed E-state index contributed by atoms with van der Waals surface area (Å²) in [7, 11) is 1.80. The van der Waals surface area contributed by atoms with Crippen LogP contribution in [0.25, 0.3) is 0 Å². The van der Waals surface area contributed by atoms with Gasteiger partial charge in [0.15, 0.2) is 5.96 Å². The maximum Gasteiger partial charge on any atom is 0.269 e. The second-order valence-corrected chi connectivity index (χ2v) is 6.94. The van der Waals surface area contributed by atoms with Crippen molar-refractivity contribution >= 4 is 35.6 Å². The van der Waals surface area contributed by atoms with E-state index in [0.717, 1.165) is 24.6 Å². The predicted molar refractivity (Wildman–Crippen MR) is 114 cm³/mol. The van der Waals surface area contributed by atoms with Crippen LogP contribution in [-0.2, 0) is 6.54 Å². The molecule has 0 amide bonds. The van der Waals surface area contributed by atoms with Crippen molar-refractivity contribution in [2.45, 2.75) is 25.8 Å². The minimum atomic E-state index is -0.359. The molecule has 2 fully saturated rings. The summed E-state index contributed by atoms with van der Waals surface area (Å²) < 4.78 is 0. The summed E-state index contributed by atoms with van der Waals surface area (Å²) >= 11 is 0. The topological polar surface area (TPSA) is 74.0 Å². The highest BCUT2D eigenvalue weighted by Crippen LogP contribution is 2.20. The van der Waals surface area contributed by atoms with Crippen LogP contribution in [0.15, 0.2) is 29.3 Å². The molecule has 2 heterocycles. The van der Waals surface area contributed by atoms with Gasteiger partial charge in [-0.15, -0.1) is 24.0 Å². The van der Waals surface area contributed by atoms with Gasteiger partial charge in [0.2, 0.25) is 0 Å². The lowest BCUT2D eigenvalue weighted by molar-refractivity contribution is -0.384. The maximum atomic E-state index is 10.9. The molecule has 0 radical (unpaired) electrons. The van der Waals surface area contributed by atoms with Gasteiger partial charge in [0.1, 0.15) is 0 Å². The molecule has 1 atom stereocenters. The van der Waals surface area contributed by atoms with E-state index in [2.05, 4.69) is 20.1 Å². The lowest BCUT2D eigenvalue weighted by Gasteiger charge is -2.23. The predicted octanol–water partition coefficient (Wildman–Crippen LogP) is 2.71.